The summed E-state index contributed by atoms with van der Waals surface area (Å²) in [5, 5.41) is 0. The number of rotatable bonds is 56. The summed E-state index contributed by atoms with van der Waals surface area (Å²) >= 11 is 14.5. The molecule has 0 aromatic rings. The van der Waals surface area contributed by atoms with Crippen molar-refractivity contribution in [3.63, 3.8) is 0 Å². The third kappa shape index (κ3) is 42.0. The fourth-order valence-electron chi connectivity index (χ4n) is 11.5. The third-order valence-corrected chi connectivity index (χ3v) is 24.9. The van der Waals surface area contributed by atoms with E-state index in [9.17, 15) is 0 Å². The molecule has 0 aliphatic heterocycles. The molecule has 0 aromatic carbocycles. The van der Waals surface area contributed by atoms with E-state index in [1.54, 1.807) is 0 Å². The molecule has 13 heteroatoms. The van der Waals surface area contributed by atoms with E-state index in [-0.39, 0.29) is 0 Å². The van der Waals surface area contributed by atoms with Crippen LogP contribution in [0.2, 0.25) is 0 Å². The Labute approximate surface area is 555 Å². The maximum atomic E-state index is 15.8. The van der Waals surface area contributed by atoms with Gasteiger partial charge in [0.05, 0.1) is 0 Å². The molecular formula is C72H140O8S4Sn. The van der Waals surface area contributed by atoms with E-state index in [0.29, 0.717) is 150 Å². The van der Waals surface area contributed by atoms with Gasteiger partial charge in [-0.3, -0.25) is 0 Å². The van der Waals surface area contributed by atoms with Gasteiger partial charge in [-0.25, -0.2) is 0 Å². The summed E-state index contributed by atoms with van der Waals surface area (Å²) in [5.41, 5.74) is 0. The Morgan fingerprint density at radius 2 is 0.353 bits per heavy atom. The van der Waals surface area contributed by atoms with Crippen molar-refractivity contribution in [3.05, 3.63) is 0 Å². The van der Waals surface area contributed by atoms with Gasteiger partial charge in [-0.15, -0.1) is 0 Å². The average molecular weight is 1380 g/mol. The van der Waals surface area contributed by atoms with Crippen LogP contribution >= 0.6 is 50.5 Å². The van der Waals surface area contributed by atoms with Crippen LogP contribution in [-0.2, 0) is 31.5 Å². The summed E-state index contributed by atoms with van der Waals surface area (Å²) < 4.78 is 22.1. The van der Waals surface area contributed by atoms with Gasteiger partial charge in [-0.05, 0) is 0 Å². The predicted octanol–water partition coefficient (Wildman–Crippen LogP) is 23.1. The van der Waals surface area contributed by atoms with Gasteiger partial charge in [0.1, 0.15) is 0 Å². The molecular weight excluding hydrogens is 1240 g/mol. The number of unbranched alkanes of at least 4 members (excludes halogenated alkanes) is 16. The Bertz CT molecular complexity index is 1400. The minimum absolute atomic E-state index is 0.394. The normalized spacial score (nSPS) is 13.0. The van der Waals surface area contributed by atoms with Crippen LogP contribution in [0.15, 0.2) is 0 Å². The topological polar surface area (TPSA) is 105 Å². The Morgan fingerprint density at radius 1 is 0.235 bits per heavy atom. The standard InChI is InChI=1S/4C18H36O2S.Sn/c4*1-15(2)11-7-5-9-13-18(21,17(19)20)14-10-6-8-12-16(3)4;/h4*15-16,21H,5-14H2,1-4H3,(H,19,20);/q;;;;+4/p-4. The first-order chi connectivity index (χ1) is 39.8. The fourth-order valence-corrected chi connectivity index (χ4v) is 19.4. The second-order valence-corrected chi connectivity index (χ2v) is 38.7. The Morgan fingerprint density at radius 3 is 0.459 bits per heavy atom. The van der Waals surface area contributed by atoms with Crippen LogP contribution in [0.4, 0.5) is 0 Å². The van der Waals surface area contributed by atoms with Crippen LogP contribution in [0.5, 0.6) is 0 Å². The maximum absolute atomic E-state index is 15.8. The van der Waals surface area contributed by atoms with E-state index >= 15 is 19.2 Å². The van der Waals surface area contributed by atoms with Crippen LogP contribution in [0.1, 0.15) is 368 Å². The molecule has 0 fully saturated rings. The summed E-state index contributed by atoms with van der Waals surface area (Å²) in [5.74, 6) is 1.37. The first-order valence-electron chi connectivity index (χ1n) is 35.7. The molecule has 0 aliphatic carbocycles. The van der Waals surface area contributed by atoms with Crippen molar-refractivity contribution in [3.8, 4) is 0 Å². The van der Waals surface area contributed by atoms with Gasteiger partial charge < -0.3 is 0 Å². The monoisotopic (exact) mass is 1380 g/mol. The average Bonchev–Trinajstić information content (AvgIpc) is 3.59. The molecule has 0 unspecified atom stereocenters. The number of hydrogen-bond acceptors (Lipinski definition) is 12. The van der Waals surface area contributed by atoms with Crippen molar-refractivity contribution in [1.29, 1.82) is 0 Å². The van der Waals surface area contributed by atoms with E-state index in [2.05, 4.69) is 111 Å². The number of carbonyl (C=O) groups excluding carboxylic acids is 4. The van der Waals surface area contributed by atoms with E-state index in [1.807, 2.05) is 0 Å². The van der Waals surface area contributed by atoms with Crippen molar-refractivity contribution in [2.24, 2.45) is 47.3 Å². The van der Waals surface area contributed by atoms with E-state index in [1.165, 1.54) is 0 Å². The van der Waals surface area contributed by atoms with Crippen LogP contribution in [-0.4, -0.2) is 62.9 Å². The van der Waals surface area contributed by atoms with Gasteiger partial charge in [0, 0.05) is 0 Å². The van der Waals surface area contributed by atoms with Gasteiger partial charge in [0.25, 0.3) is 0 Å². The summed E-state index contributed by atoms with van der Waals surface area (Å²) in [6.45, 7) is 35.6. The SMILES string of the molecule is CC(C)CCCCCC(S)(CCCCCC(C)C)C(=O)[O][Sn]([O]C(=O)C(S)(CCCCCC(C)C)CCCCCC(C)C)([O]C(=O)C(S)(CCCCCC(C)C)CCCCCC(C)C)[O]C(=O)C(S)(CCCCCC(C)C)CCCCCC(C)C. The minimum atomic E-state index is -6.84. The summed E-state index contributed by atoms with van der Waals surface area (Å²) in [4.78, 5) is 63.3. The van der Waals surface area contributed by atoms with Crippen molar-refractivity contribution >= 4 is 94.4 Å². The van der Waals surface area contributed by atoms with Crippen LogP contribution < -0.4 is 0 Å². The van der Waals surface area contributed by atoms with Crippen molar-refractivity contribution in [1.82, 2.24) is 0 Å². The number of carbonyl (C=O) groups is 4. The molecule has 0 saturated heterocycles. The van der Waals surface area contributed by atoms with Gasteiger partial charge in [0.15, 0.2) is 0 Å². The van der Waals surface area contributed by atoms with E-state index in [0.717, 1.165) is 154 Å². The van der Waals surface area contributed by atoms with Crippen LogP contribution in [0.3, 0.4) is 0 Å². The zero-order valence-electron chi connectivity index (χ0n) is 58.5. The molecule has 0 bridgehead atoms. The zero-order valence-corrected chi connectivity index (χ0v) is 64.9. The second-order valence-electron chi connectivity index (χ2n) is 30.1. The molecule has 0 spiro atoms. The quantitative estimate of drug-likeness (QED) is 0.0271. The van der Waals surface area contributed by atoms with E-state index in [4.69, 9.17) is 62.8 Å². The Hall–Kier alpha value is 0.0787. The van der Waals surface area contributed by atoms with Crippen molar-refractivity contribution in [2.75, 3.05) is 0 Å². The van der Waals surface area contributed by atoms with E-state index < -0.39 is 62.9 Å². The molecule has 0 radical (unpaired) electrons. The fraction of sp³-hybridized carbons (Fsp3) is 0.944. The number of thiol groups is 4. The van der Waals surface area contributed by atoms with Crippen LogP contribution in [0.25, 0.3) is 0 Å². The second kappa shape index (κ2) is 47.9. The summed E-state index contributed by atoms with van der Waals surface area (Å²) in [6, 6.07) is 0. The molecule has 0 rings (SSSR count). The predicted molar refractivity (Wildman–Crippen MR) is 380 cm³/mol. The van der Waals surface area contributed by atoms with Crippen molar-refractivity contribution in [2.45, 2.75) is 387 Å². The van der Waals surface area contributed by atoms with Gasteiger partial charge in [0.2, 0.25) is 0 Å². The van der Waals surface area contributed by atoms with Gasteiger partial charge >= 0.3 is 560 Å². The molecule has 504 valence electrons. The molecule has 0 saturated carbocycles. The molecule has 8 nitrogen and oxygen atoms in total. The molecule has 0 atom stereocenters. The summed E-state index contributed by atoms with van der Waals surface area (Å²) in [6.07, 6.45) is 32.8. The van der Waals surface area contributed by atoms with Crippen LogP contribution in [0, 0.1) is 47.3 Å². The Kier molecular flexibility index (Phi) is 47.9. The van der Waals surface area contributed by atoms with Gasteiger partial charge in [-0.2, -0.15) is 0 Å². The molecule has 0 heterocycles. The van der Waals surface area contributed by atoms with Gasteiger partial charge in [-0.1, -0.05) is 0 Å². The van der Waals surface area contributed by atoms with Crippen molar-refractivity contribution < 1.29 is 31.5 Å². The zero-order chi connectivity index (χ0) is 64.5. The molecule has 0 aliphatic rings. The Balaban J connectivity index is 8.62. The first-order valence-corrected chi connectivity index (χ1v) is 42.1. The summed E-state index contributed by atoms with van der Waals surface area (Å²) in [7, 11) is 0. The number of hydrogen-bond donors (Lipinski definition) is 4. The molecule has 0 amide bonds. The molecule has 0 aromatic heterocycles. The molecule has 85 heavy (non-hydrogen) atoms. The first kappa shape index (κ1) is 85.1. The molecule has 0 N–H and O–H groups in total. The third-order valence-electron chi connectivity index (χ3n) is 17.4.